The maximum absolute atomic E-state index is 11.0. The van der Waals surface area contributed by atoms with Crippen molar-refractivity contribution in [2.24, 2.45) is 5.73 Å². The fourth-order valence-electron chi connectivity index (χ4n) is 1.31. The third kappa shape index (κ3) is 3.10. The summed E-state index contributed by atoms with van der Waals surface area (Å²) >= 11 is 0. The molecule has 2 heterocycles. The van der Waals surface area contributed by atoms with Crippen LogP contribution < -0.4 is 11.1 Å². The number of nitrogens with zero attached hydrogens (tertiary/aromatic N) is 5. The van der Waals surface area contributed by atoms with E-state index in [9.17, 15) is 4.79 Å². The smallest absolute Gasteiger partial charge is 0.234 e. The number of carbonyl (C=O) groups is 1. The van der Waals surface area contributed by atoms with E-state index in [0.29, 0.717) is 30.5 Å². The molecule has 0 fully saturated rings. The topological polar surface area (TPSA) is 125 Å². The fourth-order valence-corrected chi connectivity index (χ4v) is 1.31. The summed E-state index contributed by atoms with van der Waals surface area (Å²) in [6, 6.07) is 0. The first kappa shape index (κ1) is 12.2. The molecule has 96 valence electrons. The monoisotopic (exact) mass is 251 g/mol. The van der Waals surface area contributed by atoms with Crippen LogP contribution in [0.15, 0.2) is 10.7 Å². The SMILES string of the molecule is Cc1nc(Cn2cc(CNC(=O)CN)nn2)no1. The van der Waals surface area contributed by atoms with Crippen molar-refractivity contribution in [2.45, 2.75) is 20.0 Å². The van der Waals surface area contributed by atoms with E-state index in [2.05, 4.69) is 25.8 Å². The first-order valence-corrected chi connectivity index (χ1v) is 5.32. The van der Waals surface area contributed by atoms with Gasteiger partial charge >= 0.3 is 0 Å². The van der Waals surface area contributed by atoms with Crippen LogP contribution in [0.5, 0.6) is 0 Å². The molecule has 2 aromatic rings. The molecule has 0 spiro atoms. The molecule has 0 aliphatic carbocycles. The molecule has 3 N–H and O–H groups in total. The van der Waals surface area contributed by atoms with Crippen molar-refractivity contribution in [3.63, 3.8) is 0 Å². The number of hydrogen-bond donors (Lipinski definition) is 2. The van der Waals surface area contributed by atoms with Crippen LogP contribution in [0.25, 0.3) is 0 Å². The third-order valence-corrected chi connectivity index (χ3v) is 2.11. The van der Waals surface area contributed by atoms with Crippen LogP contribution in [0.4, 0.5) is 0 Å². The van der Waals surface area contributed by atoms with Crippen molar-refractivity contribution in [2.75, 3.05) is 6.54 Å². The highest BCUT2D eigenvalue weighted by atomic mass is 16.5. The molecule has 0 aliphatic heterocycles. The maximum atomic E-state index is 11.0. The molecule has 0 saturated heterocycles. The van der Waals surface area contributed by atoms with Crippen molar-refractivity contribution in [3.8, 4) is 0 Å². The van der Waals surface area contributed by atoms with Gasteiger partial charge in [0.2, 0.25) is 11.8 Å². The van der Waals surface area contributed by atoms with Crippen molar-refractivity contribution in [1.29, 1.82) is 0 Å². The van der Waals surface area contributed by atoms with Crippen LogP contribution in [-0.4, -0.2) is 37.6 Å². The Morgan fingerprint density at radius 1 is 1.61 bits per heavy atom. The summed E-state index contributed by atoms with van der Waals surface area (Å²) in [6.07, 6.45) is 1.70. The summed E-state index contributed by atoms with van der Waals surface area (Å²) < 4.78 is 6.41. The third-order valence-electron chi connectivity index (χ3n) is 2.11. The zero-order valence-corrected chi connectivity index (χ0v) is 9.83. The average Bonchev–Trinajstić information content (AvgIpc) is 2.96. The molecule has 0 bridgehead atoms. The van der Waals surface area contributed by atoms with E-state index < -0.39 is 0 Å². The Kier molecular flexibility index (Phi) is 3.63. The van der Waals surface area contributed by atoms with Crippen LogP contribution in [0.1, 0.15) is 17.4 Å². The molecule has 0 saturated carbocycles. The van der Waals surface area contributed by atoms with Gasteiger partial charge in [-0.25, -0.2) is 4.68 Å². The highest BCUT2D eigenvalue weighted by Crippen LogP contribution is 1.99. The number of carbonyl (C=O) groups excluding carboxylic acids is 1. The average molecular weight is 251 g/mol. The molecule has 2 rings (SSSR count). The molecule has 9 heteroatoms. The minimum Gasteiger partial charge on any atom is -0.349 e. The van der Waals surface area contributed by atoms with Gasteiger partial charge in [-0.3, -0.25) is 4.79 Å². The van der Waals surface area contributed by atoms with Crippen LogP contribution in [0, 0.1) is 6.92 Å². The highest BCUT2D eigenvalue weighted by molar-refractivity contribution is 5.77. The zero-order valence-electron chi connectivity index (χ0n) is 9.83. The van der Waals surface area contributed by atoms with Gasteiger partial charge in [0.05, 0.1) is 19.3 Å². The lowest BCUT2D eigenvalue weighted by molar-refractivity contribution is -0.119. The van der Waals surface area contributed by atoms with Gasteiger partial charge < -0.3 is 15.6 Å². The van der Waals surface area contributed by atoms with Gasteiger partial charge in [-0.15, -0.1) is 5.10 Å². The van der Waals surface area contributed by atoms with Gasteiger partial charge in [-0.1, -0.05) is 10.4 Å². The Hall–Kier alpha value is -2.29. The quantitative estimate of drug-likeness (QED) is 0.668. The summed E-state index contributed by atoms with van der Waals surface area (Å²) in [5, 5.41) is 14.1. The first-order chi connectivity index (χ1) is 8.67. The van der Waals surface area contributed by atoms with Crippen LogP contribution in [-0.2, 0) is 17.9 Å². The van der Waals surface area contributed by atoms with Crippen LogP contribution >= 0.6 is 0 Å². The summed E-state index contributed by atoms with van der Waals surface area (Å²) in [5.41, 5.74) is 5.80. The second kappa shape index (κ2) is 5.36. The molecule has 0 atom stereocenters. The number of hydrogen-bond acceptors (Lipinski definition) is 7. The Morgan fingerprint density at radius 2 is 2.44 bits per heavy atom. The number of aromatic nitrogens is 5. The van der Waals surface area contributed by atoms with Gasteiger partial charge in [0, 0.05) is 6.92 Å². The van der Waals surface area contributed by atoms with Crippen LogP contribution in [0.3, 0.4) is 0 Å². The molecule has 0 aliphatic rings. The molecule has 1 amide bonds. The standard InChI is InChI=1S/C9H13N7O2/c1-6-12-8(14-18-6)5-16-4-7(13-15-16)3-11-9(17)2-10/h4H,2-3,5,10H2,1H3,(H,11,17). The molecule has 0 radical (unpaired) electrons. The van der Waals surface area contributed by atoms with Crippen LogP contribution in [0.2, 0.25) is 0 Å². The molecular weight excluding hydrogens is 238 g/mol. The minimum atomic E-state index is -0.238. The van der Waals surface area contributed by atoms with Gasteiger partial charge in [-0.05, 0) is 0 Å². The minimum absolute atomic E-state index is 0.0454. The second-order valence-corrected chi connectivity index (χ2v) is 3.62. The van der Waals surface area contributed by atoms with E-state index in [1.165, 1.54) is 0 Å². The molecular formula is C9H13N7O2. The number of aryl methyl sites for hydroxylation is 1. The maximum Gasteiger partial charge on any atom is 0.234 e. The van der Waals surface area contributed by atoms with Gasteiger partial charge in [0.15, 0.2) is 5.82 Å². The molecule has 18 heavy (non-hydrogen) atoms. The number of nitrogens with one attached hydrogen (secondary N) is 1. The zero-order chi connectivity index (χ0) is 13.0. The summed E-state index contributed by atoms with van der Waals surface area (Å²) in [7, 11) is 0. The van der Waals surface area contributed by atoms with Crippen molar-refractivity contribution in [3.05, 3.63) is 23.6 Å². The lowest BCUT2D eigenvalue weighted by Crippen LogP contribution is -2.29. The first-order valence-electron chi connectivity index (χ1n) is 5.32. The van der Waals surface area contributed by atoms with E-state index in [-0.39, 0.29) is 12.5 Å². The highest BCUT2D eigenvalue weighted by Gasteiger charge is 2.06. The Balaban J connectivity index is 1.91. The van der Waals surface area contributed by atoms with Gasteiger partial charge in [0.25, 0.3) is 0 Å². The summed E-state index contributed by atoms with van der Waals surface area (Å²) in [4.78, 5) is 15.0. The fraction of sp³-hybridized carbons (Fsp3) is 0.444. The Labute approximate surface area is 102 Å². The Bertz CT molecular complexity index is 533. The predicted molar refractivity (Wildman–Crippen MR) is 59.1 cm³/mol. The second-order valence-electron chi connectivity index (χ2n) is 3.62. The molecule has 9 nitrogen and oxygen atoms in total. The predicted octanol–water partition coefficient (Wildman–Crippen LogP) is -1.41. The molecule has 2 aromatic heterocycles. The van der Waals surface area contributed by atoms with Gasteiger partial charge in [-0.2, -0.15) is 4.98 Å². The van der Waals surface area contributed by atoms with E-state index >= 15 is 0 Å². The van der Waals surface area contributed by atoms with E-state index in [4.69, 9.17) is 10.3 Å². The normalized spacial score (nSPS) is 10.6. The molecule has 0 aromatic carbocycles. The van der Waals surface area contributed by atoms with E-state index in [1.54, 1.807) is 17.8 Å². The van der Waals surface area contributed by atoms with E-state index in [0.717, 1.165) is 0 Å². The number of amides is 1. The summed E-state index contributed by atoms with van der Waals surface area (Å²) in [6.45, 7) is 2.33. The largest absolute Gasteiger partial charge is 0.349 e. The number of rotatable bonds is 5. The van der Waals surface area contributed by atoms with Crippen molar-refractivity contribution in [1.82, 2.24) is 30.5 Å². The summed E-state index contributed by atoms with van der Waals surface area (Å²) in [5.74, 6) is 0.786. The number of nitrogens with two attached hydrogens (primary N) is 1. The Morgan fingerprint density at radius 3 is 3.11 bits per heavy atom. The van der Waals surface area contributed by atoms with Crippen molar-refractivity contribution < 1.29 is 9.32 Å². The van der Waals surface area contributed by atoms with E-state index in [1.807, 2.05) is 0 Å². The lowest BCUT2D eigenvalue weighted by atomic mass is 10.4. The lowest BCUT2D eigenvalue weighted by Gasteiger charge is -1.98. The van der Waals surface area contributed by atoms with Crippen molar-refractivity contribution >= 4 is 5.91 Å². The molecule has 0 unspecified atom stereocenters. The van der Waals surface area contributed by atoms with Gasteiger partial charge in [0.1, 0.15) is 12.2 Å².